The molecule has 0 unspecified atom stereocenters. The number of benzene rings is 1. The Morgan fingerprint density at radius 1 is 1.15 bits per heavy atom. The highest BCUT2D eigenvalue weighted by Gasteiger charge is 2.22. The van der Waals surface area contributed by atoms with Crippen molar-refractivity contribution in [2.75, 3.05) is 0 Å². The van der Waals surface area contributed by atoms with Crippen molar-refractivity contribution in [1.82, 2.24) is 15.3 Å². The molecular formula is C20H18FN3O2. The summed E-state index contributed by atoms with van der Waals surface area (Å²) in [6.07, 6.45) is 2.81. The Labute approximate surface area is 149 Å². The van der Waals surface area contributed by atoms with Gasteiger partial charge in [-0.25, -0.2) is 4.39 Å². The van der Waals surface area contributed by atoms with Gasteiger partial charge < -0.3 is 10.3 Å². The number of halogens is 1. The molecule has 0 saturated carbocycles. The van der Waals surface area contributed by atoms with Gasteiger partial charge in [0.15, 0.2) is 0 Å². The van der Waals surface area contributed by atoms with E-state index in [0.717, 1.165) is 16.7 Å². The van der Waals surface area contributed by atoms with Crippen molar-refractivity contribution >= 4 is 5.91 Å². The standard InChI is InChI=1S/C20H18FN3O2/c1-12-5-6-14(10-13(12)2)18(19-16(21)4-3-9-22-19)24-20(26)15-7-8-17(25)23-11-15/h3-11,18H,1-2H3,(H,23,25)(H,24,26)/t18-/m0/s1. The van der Waals surface area contributed by atoms with Crippen molar-refractivity contribution in [2.24, 2.45) is 0 Å². The summed E-state index contributed by atoms with van der Waals surface area (Å²) in [7, 11) is 0. The summed E-state index contributed by atoms with van der Waals surface area (Å²) in [5.41, 5.74) is 2.96. The van der Waals surface area contributed by atoms with Crippen LogP contribution in [0.3, 0.4) is 0 Å². The number of aromatic amines is 1. The lowest BCUT2D eigenvalue weighted by Crippen LogP contribution is -2.31. The van der Waals surface area contributed by atoms with Crippen LogP contribution >= 0.6 is 0 Å². The van der Waals surface area contributed by atoms with E-state index >= 15 is 0 Å². The highest BCUT2D eigenvalue weighted by molar-refractivity contribution is 5.94. The number of nitrogens with one attached hydrogen (secondary N) is 2. The van der Waals surface area contributed by atoms with E-state index < -0.39 is 17.8 Å². The molecule has 26 heavy (non-hydrogen) atoms. The quantitative estimate of drug-likeness (QED) is 0.759. The molecule has 3 aromatic rings. The number of rotatable bonds is 4. The summed E-state index contributed by atoms with van der Waals surface area (Å²) in [6, 6.07) is 10.4. The zero-order chi connectivity index (χ0) is 18.7. The first-order valence-corrected chi connectivity index (χ1v) is 8.13. The van der Waals surface area contributed by atoms with E-state index in [4.69, 9.17) is 0 Å². The van der Waals surface area contributed by atoms with Gasteiger partial charge in [-0.2, -0.15) is 0 Å². The summed E-state index contributed by atoms with van der Waals surface area (Å²) in [5.74, 6) is -0.938. The topological polar surface area (TPSA) is 74.8 Å². The minimum absolute atomic E-state index is 0.133. The average Bonchev–Trinajstić information content (AvgIpc) is 2.63. The number of H-pyrrole nitrogens is 1. The van der Waals surface area contributed by atoms with Crippen molar-refractivity contribution in [1.29, 1.82) is 0 Å². The third-order valence-corrected chi connectivity index (χ3v) is 4.25. The van der Waals surface area contributed by atoms with E-state index in [1.54, 1.807) is 0 Å². The summed E-state index contributed by atoms with van der Waals surface area (Å²) < 4.78 is 14.3. The zero-order valence-electron chi connectivity index (χ0n) is 14.4. The molecule has 0 aliphatic heterocycles. The number of amides is 1. The Morgan fingerprint density at radius 3 is 2.62 bits per heavy atom. The lowest BCUT2D eigenvalue weighted by Gasteiger charge is -2.20. The number of carbonyl (C=O) groups is 1. The molecule has 2 N–H and O–H groups in total. The molecule has 132 valence electrons. The monoisotopic (exact) mass is 351 g/mol. The fourth-order valence-electron chi connectivity index (χ4n) is 2.63. The summed E-state index contributed by atoms with van der Waals surface area (Å²) in [5, 5.41) is 2.81. The molecule has 1 amide bonds. The van der Waals surface area contributed by atoms with Crippen LogP contribution in [0.15, 0.2) is 59.7 Å². The van der Waals surface area contributed by atoms with Crippen LogP contribution in [0.2, 0.25) is 0 Å². The molecule has 1 atom stereocenters. The van der Waals surface area contributed by atoms with Gasteiger partial charge in [-0.05, 0) is 48.7 Å². The molecule has 0 radical (unpaired) electrons. The number of carbonyl (C=O) groups excluding carboxylic acids is 1. The molecule has 0 fully saturated rings. The van der Waals surface area contributed by atoms with Crippen molar-refractivity contribution in [2.45, 2.75) is 19.9 Å². The van der Waals surface area contributed by atoms with Crippen LogP contribution in [-0.4, -0.2) is 15.9 Å². The molecule has 0 bridgehead atoms. The molecule has 2 heterocycles. The predicted octanol–water partition coefficient (Wildman–Crippen LogP) is 3.05. The number of nitrogens with zero attached hydrogens (tertiary/aromatic N) is 1. The SMILES string of the molecule is Cc1ccc([C@H](NC(=O)c2ccc(=O)[nH]c2)c2ncccc2F)cc1C. The van der Waals surface area contributed by atoms with E-state index in [0.29, 0.717) is 0 Å². The minimum atomic E-state index is -0.755. The number of hydrogen-bond acceptors (Lipinski definition) is 3. The molecule has 1 aromatic carbocycles. The van der Waals surface area contributed by atoms with Crippen molar-refractivity contribution in [3.63, 3.8) is 0 Å². The molecule has 0 aliphatic rings. The third kappa shape index (κ3) is 3.69. The first kappa shape index (κ1) is 17.5. The van der Waals surface area contributed by atoms with E-state index in [-0.39, 0.29) is 16.8 Å². The molecule has 0 aliphatic carbocycles. The molecule has 3 rings (SSSR count). The average molecular weight is 351 g/mol. The van der Waals surface area contributed by atoms with Gasteiger partial charge in [-0.3, -0.25) is 14.6 Å². The van der Waals surface area contributed by atoms with Gasteiger partial charge in [0.25, 0.3) is 5.91 Å². The van der Waals surface area contributed by atoms with Crippen molar-refractivity contribution in [3.8, 4) is 0 Å². The van der Waals surface area contributed by atoms with Crippen LogP contribution in [0.1, 0.15) is 38.8 Å². The van der Waals surface area contributed by atoms with E-state index in [1.807, 2.05) is 32.0 Å². The maximum Gasteiger partial charge on any atom is 0.253 e. The summed E-state index contributed by atoms with van der Waals surface area (Å²) in [4.78, 5) is 30.3. The normalized spacial score (nSPS) is 11.8. The molecule has 0 saturated heterocycles. The van der Waals surface area contributed by atoms with E-state index in [9.17, 15) is 14.0 Å². The smallest absolute Gasteiger partial charge is 0.253 e. The summed E-state index contributed by atoms with van der Waals surface area (Å²) >= 11 is 0. The van der Waals surface area contributed by atoms with Crippen molar-refractivity contribution < 1.29 is 9.18 Å². The molecular weight excluding hydrogens is 333 g/mol. The van der Waals surface area contributed by atoms with Gasteiger partial charge >= 0.3 is 0 Å². The summed E-state index contributed by atoms with van der Waals surface area (Å²) in [6.45, 7) is 3.93. The van der Waals surface area contributed by atoms with Crippen molar-refractivity contribution in [3.05, 3.63) is 99.0 Å². The van der Waals surface area contributed by atoms with Crippen LogP contribution in [0.25, 0.3) is 0 Å². The highest BCUT2D eigenvalue weighted by atomic mass is 19.1. The minimum Gasteiger partial charge on any atom is -0.339 e. The van der Waals surface area contributed by atoms with Gasteiger partial charge in [0, 0.05) is 18.5 Å². The first-order valence-electron chi connectivity index (χ1n) is 8.13. The second-order valence-electron chi connectivity index (χ2n) is 6.06. The zero-order valence-corrected chi connectivity index (χ0v) is 14.4. The van der Waals surface area contributed by atoms with Crippen LogP contribution in [0.4, 0.5) is 4.39 Å². The third-order valence-electron chi connectivity index (χ3n) is 4.25. The van der Waals surface area contributed by atoms with Crippen LogP contribution in [-0.2, 0) is 0 Å². The molecule has 2 aromatic heterocycles. The predicted molar refractivity (Wildman–Crippen MR) is 96.5 cm³/mol. The Balaban J connectivity index is 2.01. The number of aryl methyl sites for hydroxylation is 2. The lowest BCUT2D eigenvalue weighted by molar-refractivity contribution is 0.0941. The maximum atomic E-state index is 14.3. The lowest BCUT2D eigenvalue weighted by atomic mass is 9.98. The fourth-order valence-corrected chi connectivity index (χ4v) is 2.63. The number of aromatic nitrogens is 2. The number of pyridine rings is 2. The van der Waals surface area contributed by atoms with E-state index in [1.165, 1.54) is 36.7 Å². The largest absolute Gasteiger partial charge is 0.339 e. The second kappa shape index (κ2) is 7.31. The fraction of sp³-hybridized carbons (Fsp3) is 0.150. The number of hydrogen-bond donors (Lipinski definition) is 2. The van der Waals surface area contributed by atoms with Gasteiger partial charge in [0.1, 0.15) is 11.5 Å². The van der Waals surface area contributed by atoms with Gasteiger partial charge in [0.05, 0.1) is 11.6 Å². The van der Waals surface area contributed by atoms with Gasteiger partial charge in [0.2, 0.25) is 5.56 Å². The Morgan fingerprint density at radius 2 is 1.96 bits per heavy atom. The first-order chi connectivity index (χ1) is 12.5. The van der Waals surface area contributed by atoms with Crippen LogP contribution in [0.5, 0.6) is 0 Å². The van der Waals surface area contributed by atoms with Crippen LogP contribution in [0, 0.1) is 19.7 Å². The second-order valence-corrected chi connectivity index (χ2v) is 6.06. The van der Waals surface area contributed by atoms with Gasteiger partial charge in [-0.1, -0.05) is 18.2 Å². The molecule has 5 nitrogen and oxygen atoms in total. The Hall–Kier alpha value is -3.28. The van der Waals surface area contributed by atoms with Crippen LogP contribution < -0.4 is 10.9 Å². The molecule has 6 heteroatoms. The Bertz CT molecular complexity index is 993. The maximum absolute atomic E-state index is 14.3. The highest BCUT2D eigenvalue weighted by Crippen LogP contribution is 2.25. The van der Waals surface area contributed by atoms with Gasteiger partial charge in [-0.15, -0.1) is 0 Å². The Kier molecular flexibility index (Phi) is 4.93. The van der Waals surface area contributed by atoms with E-state index in [2.05, 4.69) is 15.3 Å². The molecule has 0 spiro atoms.